The Morgan fingerprint density at radius 2 is 1.87 bits per heavy atom. The molecule has 1 aliphatic carbocycles. The molecule has 0 radical (unpaired) electrons. The van der Waals surface area contributed by atoms with Gasteiger partial charge >= 0.3 is 5.97 Å². The fourth-order valence-corrected chi connectivity index (χ4v) is 4.24. The van der Waals surface area contributed by atoms with Gasteiger partial charge in [0, 0.05) is 24.7 Å². The third kappa shape index (κ3) is 6.45. The zero-order chi connectivity index (χ0) is 21.3. The zero-order valence-corrected chi connectivity index (χ0v) is 17.5. The third-order valence-electron chi connectivity index (χ3n) is 5.09. The number of carbonyl (C=O) groups excluding carboxylic acids is 2. The van der Waals surface area contributed by atoms with Crippen LogP contribution in [0.4, 0.5) is 4.39 Å². The normalized spacial score (nSPS) is 14.3. The molecule has 8 heteroatoms. The van der Waals surface area contributed by atoms with Gasteiger partial charge in [0.05, 0.1) is 0 Å². The van der Waals surface area contributed by atoms with Crippen LogP contribution in [0.3, 0.4) is 0 Å². The van der Waals surface area contributed by atoms with Gasteiger partial charge in [-0.05, 0) is 48.4 Å². The van der Waals surface area contributed by atoms with Crippen LogP contribution in [0.15, 0.2) is 53.7 Å². The van der Waals surface area contributed by atoms with Gasteiger partial charge in [-0.15, -0.1) is 0 Å². The molecule has 1 amide bonds. The number of thioether (sulfide) groups is 1. The van der Waals surface area contributed by atoms with Crippen LogP contribution in [0.2, 0.25) is 0 Å². The van der Waals surface area contributed by atoms with Crippen LogP contribution < -0.4 is 4.73 Å². The van der Waals surface area contributed by atoms with Crippen molar-refractivity contribution in [2.24, 2.45) is 0 Å². The minimum atomic E-state index is -0.553. The van der Waals surface area contributed by atoms with Gasteiger partial charge in [0.1, 0.15) is 11.6 Å². The quantitative estimate of drug-likeness (QED) is 0.276. The number of ether oxygens (including phenoxy) is 1. The summed E-state index contributed by atoms with van der Waals surface area (Å²) < 4.78 is 19.1. The summed E-state index contributed by atoms with van der Waals surface area (Å²) in [5.74, 6) is -1.19. The largest absolute Gasteiger partial charge is 0.618 e. The standard InChI is InChI=1S/C22H25FN2O4S/c23-18-11-9-17(10-12-18)14-24(19-6-2-1-3-7-19)20(26)15-29-22(27)16-30-21-8-4-5-13-25(21)28/h4-5,8-13,19H,1-3,6-7,14-16H2. The van der Waals surface area contributed by atoms with E-state index >= 15 is 0 Å². The number of benzene rings is 1. The number of hydrogen-bond acceptors (Lipinski definition) is 5. The lowest BCUT2D eigenvalue weighted by Gasteiger charge is -2.34. The van der Waals surface area contributed by atoms with Crippen molar-refractivity contribution in [1.82, 2.24) is 4.90 Å². The number of rotatable bonds is 8. The molecule has 0 bridgehead atoms. The zero-order valence-electron chi connectivity index (χ0n) is 16.7. The molecule has 6 nitrogen and oxygen atoms in total. The van der Waals surface area contributed by atoms with Crippen LogP contribution >= 0.6 is 11.8 Å². The molecule has 1 aromatic heterocycles. The minimum Gasteiger partial charge on any atom is -0.618 e. The molecule has 1 saturated carbocycles. The number of carbonyl (C=O) groups is 2. The van der Waals surface area contributed by atoms with Crippen molar-refractivity contribution in [3.05, 3.63) is 65.2 Å². The first-order valence-corrected chi connectivity index (χ1v) is 11.0. The highest BCUT2D eigenvalue weighted by Gasteiger charge is 2.26. The van der Waals surface area contributed by atoms with Crippen LogP contribution in [-0.4, -0.2) is 35.2 Å². The van der Waals surface area contributed by atoms with Gasteiger partial charge < -0.3 is 14.8 Å². The van der Waals surface area contributed by atoms with E-state index in [2.05, 4.69) is 0 Å². The number of esters is 1. The highest BCUT2D eigenvalue weighted by molar-refractivity contribution is 7.99. The van der Waals surface area contributed by atoms with Gasteiger partial charge in [0.15, 0.2) is 12.8 Å². The lowest BCUT2D eigenvalue weighted by atomic mass is 9.93. The van der Waals surface area contributed by atoms with Crippen LogP contribution in [0.1, 0.15) is 37.7 Å². The molecule has 0 aliphatic heterocycles. The second kappa shape index (κ2) is 11.0. The SMILES string of the molecule is O=C(CSc1cccc[n+]1[O-])OCC(=O)N(Cc1ccc(F)cc1)C1CCCCC1. The molecular weight excluding hydrogens is 407 g/mol. The van der Waals surface area contributed by atoms with E-state index in [0.29, 0.717) is 16.3 Å². The number of nitrogens with zero attached hydrogens (tertiary/aromatic N) is 2. The lowest BCUT2D eigenvalue weighted by molar-refractivity contribution is -0.645. The summed E-state index contributed by atoms with van der Waals surface area (Å²) in [6.45, 7) is 0.0134. The van der Waals surface area contributed by atoms with Gasteiger partial charge in [-0.3, -0.25) is 9.59 Å². The minimum absolute atomic E-state index is 0.0546. The Bertz CT molecular complexity index is 856. The smallest absolute Gasteiger partial charge is 0.317 e. The molecule has 0 spiro atoms. The first kappa shape index (κ1) is 22.1. The fourth-order valence-electron chi connectivity index (χ4n) is 3.52. The molecule has 1 aliphatic rings. The molecule has 1 aromatic carbocycles. The van der Waals surface area contributed by atoms with Crippen LogP contribution in [0, 0.1) is 11.0 Å². The Morgan fingerprint density at radius 3 is 2.57 bits per heavy atom. The van der Waals surface area contributed by atoms with Gasteiger partial charge in [-0.2, -0.15) is 4.73 Å². The predicted molar refractivity (Wildman–Crippen MR) is 111 cm³/mol. The number of hydrogen-bond donors (Lipinski definition) is 0. The third-order valence-corrected chi connectivity index (χ3v) is 6.08. The maximum absolute atomic E-state index is 13.2. The Morgan fingerprint density at radius 1 is 1.13 bits per heavy atom. The summed E-state index contributed by atoms with van der Waals surface area (Å²) in [5, 5.41) is 12.0. The second-order valence-corrected chi connectivity index (χ2v) is 8.25. The second-order valence-electron chi connectivity index (χ2n) is 7.25. The van der Waals surface area contributed by atoms with E-state index in [0.717, 1.165) is 49.4 Å². The molecule has 2 aromatic rings. The Labute approximate surface area is 179 Å². The summed E-state index contributed by atoms with van der Waals surface area (Å²) in [5.41, 5.74) is 0.835. The van der Waals surface area contributed by atoms with Crippen molar-refractivity contribution in [3.63, 3.8) is 0 Å². The summed E-state index contributed by atoms with van der Waals surface area (Å²) in [7, 11) is 0. The molecule has 1 heterocycles. The summed E-state index contributed by atoms with van der Waals surface area (Å²) >= 11 is 1.06. The average molecular weight is 433 g/mol. The maximum Gasteiger partial charge on any atom is 0.317 e. The molecule has 0 N–H and O–H groups in total. The van der Waals surface area contributed by atoms with E-state index in [1.165, 1.54) is 18.3 Å². The van der Waals surface area contributed by atoms with Crippen LogP contribution in [-0.2, 0) is 20.9 Å². The number of amides is 1. The van der Waals surface area contributed by atoms with Crippen molar-refractivity contribution in [3.8, 4) is 0 Å². The van der Waals surface area contributed by atoms with E-state index in [4.69, 9.17) is 4.74 Å². The monoisotopic (exact) mass is 432 g/mol. The van der Waals surface area contributed by atoms with E-state index in [9.17, 15) is 19.2 Å². The Balaban J connectivity index is 1.56. The lowest BCUT2D eigenvalue weighted by Crippen LogP contribution is -2.43. The van der Waals surface area contributed by atoms with Crippen molar-refractivity contribution in [2.45, 2.75) is 49.7 Å². The summed E-state index contributed by atoms with van der Waals surface area (Å²) in [4.78, 5) is 26.7. The molecule has 0 saturated heterocycles. The van der Waals surface area contributed by atoms with Crippen molar-refractivity contribution < 1.29 is 23.4 Å². The number of aromatic nitrogens is 1. The van der Waals surface area contributed by atoms with Gasteiger partial charge in [-0.25, -0.2) is 4.39 Å². The van der Waals surface area contributed by atoms with Gasteiger partial charge in [0.25, 0.3) is 10.9 Å². The number of pyridine rings is 1. The predicted octanol–water partition coefficient (Wildman–Crippen LogP) is 3.46. The van der Waals surface area contributed by atoms with Gasteiger partial charge in [0.2, 0.25) is 0 Å². The van der Waals surface area contributed by atoms with Gasteiger partial charge in [-0.1, -0.05) is 31.4 Å². The van der Waals surface area contributed by atoms with Crippen molar-refractivity contribution in [2.75, 3.05) is 12.4 Å². The first-order chi connectivity index (χ1) is 14.5. The van der Waals surface area contributed by atoms with Crippen LogP contribution in [0.25, 0.3) is 0 Å². The van der Waals surface area contributed by atoms with E-state index < -0.39 is 5.97 Å². The highest BCUT2D eigenvalue weighted by atomic mass is 32.2. The van der Waals surface area contributed by atoms with Crippen molar-refractivity contribution in [1.29, 1.82) is 0 Å². The summed E-state index contributed by atoms with van der Waals surface area (Å²) in [6.07, 6.45) is 6.44. The molecule has 30 heavy (non-hydrogen) atoms. The molecule has 160 valence electrons. The average Bonchev–Trinajstić information content (AvgIpc) is 2.77. The number of halogens is 1. The molecule has 0 unspecified atom stereocenters. The van der Waals surface area contributed by atoms with Crippen LogP contribution in [0.5, 0.6) is 0 Å². The molecule has 1 fully saturated rings. The molecular formula is C22H25FN2O4S. The van der Waals surface area contributed by atoms with E-state index in [-0.39, 0.29) is 30.1 Å². The van der Waals surface area contributed by atoms with E-state index in [1.807, 2.05) is 0 Å². The Hall–Kier alpha value is -2.61. The topological polar surface area (TPSA) is 73.5 Å². The highest BCUT2D eigenvalue weighted by Crippen LogP contribution is 2.24. The van der Waals surface area contributed by atoms with E-state index in [1.54, 1.807) is 35.2 Å². The van der Waals surface area contributed by atoms with Crippen molar-refractivity contribution >= 4 is 23.6 Å². The Kier molecular flexibility index (Phi) is 8.07. The molecule has 3 rings (SSSR count). The summed E-state index contributed by atoms with van der Waals surface area (Å²) in [6, 6.07) is 11.1. The molecule has 0 atom stereocenters. The maximum atomic E-state index is 13.2. The first-order valence-electron chi connectivity index (χ1n) is 10.0. The fraction of sp³-hybridized carbons (Fsp3) is 0.409.